The number of benzene rings is 1. The molecule has 1 N–H and O–H groups in total. The lowest BCUT2D eigenvalue weighted by Gasteiger charge is -2.07. The van der Waals surface area contributed by atoms with Gasteiger partial charge in [0.05, 0.1) is 4.90 Å². The average molecular weight is 323 g/mol. The number of nitrogens with one attached hydrogen (secondary N) is 1. The largest absolute Gasteiger partial charge is 0.364 e. The van der Waals surface area contributed by atoms with Crippen LogP contribution in [0.25, 0.3) is 0 Å². The molecular formula is C10H5ClF2N2O4S. The number of nitrogens with zero attached hydrogens (tertiary/aromatic N) is 1. The van der Waals surface area contributed by atoms with Crippen LogP contribution in [0, 0.1) is 11.6 Å². The van der Waals surface area contributed by atoms with Gasteiger partial charge in [0.15, 0.2) is 17.3 Å². The Morgan fingerprint density at radius 3 is 2.35 bits per heavy atom. The van der Waals surface area contributed by atoms with Crippen molar-refractivity contribution in [2.45, 2.75) is 4.90 Å². The first kappa shape index (κ1) is 14.4. The van der Waals surface area contributed by atoms with Crippen molar-refractivity contribution in [2.75, 3.05) is 5.32 Å². The number of hydrogen-bond donors (Lipinski definition) is 1. The number of hydrogen-bond acceptors (Lipinski definition) is 5. The minimum Gasteiger partial charge on any atom is -0.364 e. The van der Waals surface area contributed by atoms with E-state index in [0.29, 0.717) is 12.1 Å². The normalized spacial score (nSPS) is 11.3. The third-order valence-electron chi connectivity index (χ3n) is 2.21. The lowest BCUT2D eigenvalue weighted by Crippen LogP contribution is -2.15. The Labute approximate surface area is 115 Å². The van der Waals surface area contributed by atoms with E-state index in [0.717, 1.165) is 6.26 Å². The van der Waals surface area contributed by atoms with E-state index in [9.17, 15) is 22.0 Å². The fourth-order valence-corrected chi connectivity index (χ4v) is 2.07. The summed E-state index contributed by atoms with van der Waals surface area (Å²) in [6, 6.07) is 2.16. The molecule has 106 valence electrons. The molecule has 2 aromatic rings. The van der Waals surface area contributed by atoms with Crippen molar-refractivity contribution in [3.8, 4) is 0 Å². The van der Waals surface area contributed by atoms with Crippen LogP contribution in [0.3, 0.4) is 0 Å². The van der Waals surface area contributed by atoms with Gasteiger partial charge in [0, 0.05) is 16.7 Å². The van der Waals surface area contributed by atoms with Crippen LogP contribution in [0.2, 0.25) is 0 Å². The number of anilines is 1. The number of amides is 1. The smallest absolute Gasteiger partial charge is 0.277 e. The van der Waals surface area contributed by atoms with E-state index in [4.69, 9.17) is 10.7 Å². The Balaban J connectivity index is 2.37. The summed E-state index contributed by atoms with van der Waals surface area (Å²) in [7, 11) is 0.687. The van der Waals surface area contributed by atoms with Gasteiger partial charge in [-0.05, 0) is 12.1 Å². The fraction of sp³-hybridized carbons (Fsp3) is 0. The highest BCUT2D eigenvalue weighted by Gasteiger charge is 2.20. The Bertz CT molecular complexity index is 739. The summed E-state index contributed by atoms with van der Waals surface area (Å²) in [6.07, 6.45) is 1.10. The van der Waals surface area contributed by atoms with Crippen molar-refractivity contribution in [1.29, 1.82) is 0 Å². The van der Waals surface area contributed by atoms with Crippen molar-refractivity contribution in [1.82, 2.24) is 5.16 Å². The molecule has 10 heteroatoms. The fourth-order valence-electron chi connectivity index (χ4n) is 1.32. The molecule has 1 aromatic heterocycles. The summed E-state index contributed by atoms with van der Waals surface area (Å²) in [5.74, 6) is -3.50. The van der Waals surface area contributed by atoms with Gasteiger partial charge in [-0.2, -0.15) is 0 Å². The van der Waals surface area contributed by atoms with Gasteiger partial charge in [-0.25, -0.2) is 17.2 Å². The van der Waals surface area contributed by atoms with Gasteiger partial charge in [-0.3, -0.25) is 4.79 Å². The van der Waals surface area contributed by atoms with E-state index in [1.165, 1.54) is 6.07 Å². The number of halogens is 3. The van der Waals surface area contributed by atoms with Gasteiger partial charge in [0.1, 0.15) is 12.0 Å². The van der Waals surface area contributed by atoms with Crippen molar-refractivity contribution in [3.05, 3.63) is 41.8 Å². The maximum atomic E-state index is 13.6. The number of carbonyl (C=O) groups excluding carboxylic acids is 1. The molecule has 0 atom stereocenters. The lowest BCUT2D eigenvalue weighted by atomic mass is 10.2. The summed E-state index contributed by atoms with van der Waals surface area (Å²) in [6.45, 7) is 0. The first-order chi connectivity index (χ1) is 9.29. The molecule has 0 unspecified atom stereocenters. The Morgan fingerprint density at radius 1 is 1.30 bits per heavy atom. The molecule has 1 heterocycles. The summed E-state index contributed by atoms with van der Waals surface area (Å²) >= 11 is 0. The Hall–Kier alpha value is -2.00. The third kappa shape index (κ3) is 2.94. The zero-order valence-corrected chi connectivity index (χ0v) is 11.0. The standard InChI is InChI=1S/C10H5ClF2N2O4S/c11-20(17,18)5-3-6(12)9(7(13)4-5)14-10(16)8-1-2-19-15-8/h1-4H,(H,14,16). The first-order valence-corrected chi connectivity index (χ1v) is 7.25. The second-order valence-corrected chi connectivity index (χ2v) is 6.10. The second-order valence-electron chi connectivity index (χ2n) is 3.54. The quantitative estimate of drug-likeness (QED) is 0.874. The highest BCUT2D eigenvalue weighted by Crippen LogP contribution is 2.25. The molecular weight excluding hydrogens is 318 g/mol. The summed E-state index contributed by atoms with van der Waals surface area (Å²) in [4.78, 5) is 10.8. The van der Waals surface area contributed by atoms with Crippen LogP contribution < -0.4 is 5.32 Å². The van der Waals surface area contributed by atoms with Crippen LogP contribution >= 0.6 is 10.7 Å². The molecule has 0 fully saturated rings. The second kappa shape index (κ2) is 5.17. The molecule has 6 nitrogen and oxygen atoms in total. The predicted molar refractivity (Wildman–Crippen MR) is 63.9 cm³/mol. The zero-order chi connectivity index (χ0) is 14.9. The van der Waals surface area contributed by atoms with E-state index in [1.54, 1.807) is 0 Å². The third-order valence-corrected chi connectivity index (χ3v) is 3.54. The van der Waals surface area contributed by atoms with E-state index in [2.05, 4.69) is 9.68 Å². The maximum Gasteiger partial charge on any atom is 0.277 e. The monoisotopic (exact) mass is 322 g/mol. The molecule has 0 saturated carbocycles. The first-order valence-electron chi connectivity index (χ1n) is 4.94. The van der Waals surface area contributed by atoms with E-state index in [1.807, 2.05) is 5.32 Å². The summed E-state index contributed by atoms with van der Waals surface area (Å²) in [5, 5.41) is 5.19. The predicted octanol–water partition coefficient (Wildman–Crippen LogP) is 2.13. The minimum atomic E-state index is -4.28. The van der Waals surface area contributed by atoms with Gasteiger partial charge in [-0.1, -0.05) is 5.16 Å². The molecule has 1 aromatic carbocycles. The summed E-state index contributed by atoms with van der Waals surface area (Å²) < 4.78 is 53.6. The SMILES string of the molecule is O=C(Nc1c(F)cc(S(=O)(=O)Cl)cc1F)c1ccon1. The van der Waals surface area contributed by atoms with Crippen molar-refractivity contribution < 1.29 is 26.5 Å². The Morgan fingerprint density at radius 2 is 1.90 bits per heavy atom. The van der Waals surface area contributed by atoms with Crippen molar-refractivity contribution >= 4 is 31.3 Å². The van der Waals surface area contributed by atoms with Crippen LogP contribution in [-0.4, -0.2) is 19.5 Å². The van der Waals surface area contributed by atoms with Gasteiger partial charge < -0.3 is 9.84 Å². The molecule has 2 rings (SSSR count). The maximum absolute atomic E-state index is 13.6. The molecule has 0 saturated heterocycles. The summed E-state index contributed by atoms with van der Waals surface area (Å²) in [5.41, 5.74) is -1.01. The van der Waals surface area contributed by atoms with E-state index < -0.39 is 37.2 Å². The molecule has 0 aliphatic heterocycles. The zero-order valence-electron chi connectivity index (χ0n) is 9.43. The molecule has 0 aliphatic rings. The van der Waals surface area contributed by atoms with Gasteiger partial charge in [-0.15, -0.1) is 0 Å². The molecule has 1 amide bonds. The van der Waals surface area contributed by atoms with Gasteiger partial charge >= 0.3 is 0 Å². The van der Waals surface area contributed by atoms with Gasteiger partial charge in [0.25, 0.3) is 15.0 Å². The van der Waals surface area contributed by atoms with E-state index >= 15 is 0 Å². The van der Waals surface area contributed by atoms with Crippen LogP contribution in [0.4, 0.5) is 14.5 Å². The van der Waals surface area contributed by atoms with Crippen LogP contribution in [-0.2, 0) is 9.05 Å². The van der Waals surface area contributed by atoms with Crippen molar-refractivity contribution in [2.24, 2.45) is 0 Å². The van der Waals surface area contributed by atoms with E-state index in [-0.39, 0.29) is 5.69 Å². The molecule has 20 heavy (non-hydrogen) atoms. The van der Waals surface area contributed by atoms with Crippen LogP contribution in [0.1, 0.15) is 10.5 Å². The van der Waals surface area contributed by atoms with Crippen LogP contribution in [0.15, 0.2) is 33.9 Å². The molecule has 0 spiro atoms. The van der Waals surface area contributed by atoms with Crippen molar-refractivity contribution in [3.63, 3.8) is 0 Å². The topological polar surface area (TPSA) is 89.3 Å². The highest BCUT2D eigenvalue weighted by molar-refractivity contribution is 8.13. The molecule has 0 radical (unpaired) electrons. The minimum absolute atomic E-state index is 0.196. The molecule has 0 bridgehead atoms. The average Bonchev–Trinajstić information content (AvgIpc) is 2.85. The number of carbonyl (C=O) groups is 1. The number of aromatic nitrogens is 1. The van der Waals surface area contributed by atoms with Gasteiger partial charge in [0.2, 0.25) is 0 Å². The number of rotatable bonds is 3. The Kier molecular flexibility index (Phi) is 3.73. The lowest BCUT2D eigenvalue weighted by molar-refractivity contribution is 0.101. The highest BCUT2D eigenvalue weighted by atomic mass is 35.7. The van der Waals surface area contributed by atoms with Crippen LogP contribution in [0.5, 0.6) is 0 Å². The molecule has 0 aliphatic carbocycles.